The second-order valence-corrected chi connectivity index (χ2v) is 8.01. The summed E-state index contributed by atoms with van der Waals surface area (Å²) in [6.45, 7) is 2.64. The number of hydrogen-bond acceptors (Lipinski definition) is 3. The Bertz CT molecular complexity index is 1010. The van der Waals surface area contributed by atoms with Gasteiger partial charge in [0.25, 0.3) is 0 Å². The van der Waals surface area contributed by atoms with Gasteiger partial charge in [0.2, 0.25) is 0 Å². The predicted molar refractivity (Wildman–Crippen MR) is 122 cm³/mol. The van der Waals surface area contributed by atoms with Crippen molar-refractivity contribution in [2.45, 2.75) is 20.1 Å². The van der Waals surface area contributed by atoms with Crippen LogP contribution in [0, 0.1) is 5.82 Å². The summed E-state index contributed by atoms with van der Waals surface area (Å²) in [7, 11) is 0. The summed E-state index contributed by atoms with van der Waals surface area (Å²) < 4.78 is 25.5. The standard InChI is InChI=1S/C22H18Cl4FNO2/c1-2-29-21-6-13(11-28-16-8-14(23)7-15(24)9-16)19(26)10-22(21)30-12-17-18(25)4-3-5-20(17)27/h3-10,28H,2,11-12H2,1H3. The van der Waals surface area contributed by atoms with E-state index >= 15 is 0 Å². The van der Waals surface area contributed by atoms with Crippen LogP contribution in [0.5, 0.6) is 11.5 Å². The Morgan fingerprint density at radius 1 is 0.867 bits per heavy atom. The fourth-order valence-corrected chi connectivity index (χ4v) is 3.73. The molecule has 8 heteroatoms. The van der Waals surface area contributed by atoms with Gasteiger partial charge in [-0.2, -0.15) is 0 Å². The molecule has 0 unspecified atom stereocenters. The average Bonchev–Trinajstić information content (AvgIpc) is 2.67. The van der Waals surface area contributed by atoms with E-state index in [0.717, 1.165) is 11.3 Å². The van der Waals surface area contributed by atoms with Gasteiger partial charge in [0, 0.05) is 38.9 Å². The number of hydrogen-bond donors (Lipinski definition) is 1. The number of nitrogens with one attached hydrogen (secondary N) is 1. The first-order valence-electron chi connectivity index (χ1n) is 9.08. The molecule has 0 bridgehead atoms. The van der Waals surface area contributed by atoms with E-state index in [2.05, 4.69) is 5.32 Å². The predicted octanol–water partition coefficient (Wildman–Crippen LogP) is 8.03. The maximum Gasteiger partial charge on any atom is 0.163 e. The van der Waals surface area contributed by atoms with Crippen LogP contribution in [-0.2, 0) is 13.2 Å². The van der Waals surface area contributed by atoms with Crippen LogP contribution in [0.15, 0.2) is 48.5 Å². The molecule has 3 nitrogen and oxygen atoms in total. The van der Waals surface area contributed by atoms with Crippen LogP contribution in [-0.4, -0.2) is 6.61 Å². The maximum absolute atomic E-state index is 14.0. The summed E-state index contributed by atoms with van der Waals surface area (Å²) in [4.78, 5) is 0. The smallest absolute Gasteiger partial charge is 0.163 e. The second kappa shape index (κ2) is 10.5. The van der Waals surface area contributed by atoms with Crippen molar-refractivity contribution in [3.05, 3.63) is 85.6 Å². The summed E-state index contributed by atoms with van der Waals surface area (Å²) in [5.41, 5.74) is 1.81. The molecule has 3 aromatic rings. The van der Waals surface area contributed by atoms with Gasteiger partial charge in [0.1, 0.15) is 12.4 Å². The first kappa shape index (κ1) is 22.8. The van der Waals surface area contributed by atoms with Gasteiger partial charge in [0.05, 0.1) is 11.6 Å². The zero-order chi connectivity index (χ0) is 21.7. The molecule has 0 atom stereocenters. The minimum absolute atomic E-state index is 0.0550. The van der Waals surface area contributed by atoms with E-state index in [1.165, 1.54) is 6.07 Å². The summed E-state index contributed by atoms with van der Waals surface area (Å²) in [6.07, 6.45) is 0. The van der Waals surface area contributed by atoms with Gasteiger partial charge in [-0.05, 0) is 48.9 Å². The van der Waals surface area contributed by atoms with Crippen molar-refractivity contribution in [2.24, 2.45) is 0 Å². The zero-order valence-electron chi connectivity index (χ0n) is 15.9. The molecule has 0 aliphatic carbocycles. The molecule has 0 saturated carbocycles. The van der Waals surface area contributed by atoms with E-state index in [4.69, 9.17) is 55.9 Å². The van der Waals surface area contributed by atoms with E-state index in [9.17, 15) is 4.39 Å². The number of anilines is 1. The number of benzene rings is 3. The Kier molecular flexibility index (Phi) is 7.95. The molecule has 0 aliphatic rings. The fourth-order valence-electron chi connectivity index (χ4n) is 2.77. The highest BCUT2D eigenvalue weighted by molar-refractivity contribution is 6.35. The van der Waals surface area contributed by atoms with Crippen molar-refractivity contribution in [3.8, 4) is 11.5 Å². The van der Waals surface area contributed by atoms with E-state index in [1.54, 1.807) is 42.5 Å². The van der Waals surface area contributed by atoms with Crippen LogP contribution in [0.2, 0.25) is 20.1 Å². The SMILES string of the molecule is CCOc1cc(CNc2cc(Cl)cc(Cl)c2)c(Cl)cc1OCc1c(F)cccc1Cl. The van der Waals surface area contributed by atoms with Crippen molar-refractivity contribution in [1.29, 1.82) is 0 Å². The van der Waals surface area contributed by atoms with Crippen molar-refractivity contribution >= 4 is 52.1 Å². The molecule has 0 saturated heterocycles. The van der Waals surface area contributed by atoms with Crippen LogP contribution in [0.3, 0.4) is 0 Å². The Morgan fingerprint density at radius 2 is 1.57 bits per heavy atom. The number of rotatable bonds is 8. The third kappa shape index (κ3) is 5.86. The molecule has 0 radical (unpaired) electrons. The van der Waals surface area contributed by atoms with Crippen molar-refractivity contribution in [3.63, 3.8) is 0 Å². The highest BCUT2D eigenvalue weighted by atomic mass is 35.5. The first-order chi connectivity index (χ1) is 14.4. The molecule has 0 heterocycles. The lowest BCUT2D eigenvalue weighted by atomic mass is 10.2. The summed E-state index contributed by atoms with van der Waals surface area (Å²) in [5.74, 6) is 0.457. The number of halogens is 5. The number of ether oxygens (including phenoxy) is 2. The molecule has 3 aromatic carbocycles. The fraction of sp³-hybridized carbons (Fsp3) is 0.182. The Morgan fingerprint density at radius 3 is 2.23 bits per heavy atom. The van der Waals surface area contributed by atoms with Crippen molar-refractivity contribution in [2.75, 3.05) is 11.9 Å². The molecule has 0 aromatic heterocycles. The van der Waals surface area contributed by atoms with Gasteiger partial charge in [0.15, 0.2) is 11.5 Å². The topological polar surface area (TPSA) is 30.5 Å². The second-order valence-electron chi connectivity index (χ2n) is 6.32. The van der Waals surface area contributed by atoms with Crippen LogP contribution >= 0.6 is 46.4 Å². The molecule has 0 fully saturated rings. The van der Waals surface area contributed by atoms with Gasteiger partial charge in [-0.15, -0.1) is 0 Å². The molecule has 0 aliphatic heterocycles. The van der Waals surface area contributed by atoms with Gasteiger partial charge >= 0.3 is 0 Å². The van der Waals surface area contributed by atoms with Crippen LogP contribution < -0.4 is 14.8 Å². The lowest BCUT2D eigenvalue weighted by molar-refractivity contribution is 0.265. The molecule has 0 amide bonds. The molecular weight excluding hydrogens is 471 g/mol. The van der Waals surface area contributed by atoms with Gasteiger partial charge < -0.3 is 14.8 Å². The van der Waals surface area contributed by atoms with Crippen LogP contribution in [0.4, 0.5) is 10.1 Å². The summed E-state index contributed by atoms with van der Waals surface area (Å²) in [6, 6.07) is 13.1. The Labute approximate surface area is 194 Å². The van der Waals surface area contributed by atoms with Crippen LogP contribution in [0.25, 0.3) is 0 Å². The average molecular weight is 489 g/mol. The van der Waals surface area contributed by atoms with Crippen molar-refractivity contribution < 1.29 is 13.9 Å². The highest BCUT2D eigenvalue weighted by Crippen LogP contribution is 2.35. The van der Waals surface area contributed by atoms with Gasteiger partial charge in [-0.3, -0.25) is 0 Å². The molecule has 1 N–H and O–H groups in total. The zero-order valence-corrected chi connectivity index (χ0v) is 19.0. The minimum atomic E-state index is -0.437. The third-order valence-corrected chi connectivity index (χ3v) is 5.33. The third-order valence-electron chi connectivity index (χ3n) is 4.19. The molecule has 158 valence electrons. The van der Waals surface area contributed by atoms with E-state index in [1.807, 2.05) is 6.92 Å². The van der Waals surface area contributed by atoms with E-state index < -0.39 is 5.82 Å². The molecule has 30 heavy (non-hydrogen) atoms. The monoisotopic (exact) mass is 487 g/mol. The first-order valence-corrected chi connectivity index (χ1v) is 10.6. The van der Waals surface area contributed by atoms with Gasteiger partial charge in [-0.25, -0.2) is 4.39 Å². The minimum Gasteiger partial charge on any atom is -0.490 e. The normalized spacial score (nSPS) is 10.7. The van der Waals surface area contributed by atoms with Gasteiger partial charge in [-0.1, -0.05) is 52.5 Å². The van der Waals surface area contributed by atoms with Crippen molar-refractivity contribution in [1.82, 2.24) is 0 Å². The largest absolute Gasteiger partial charge is 0.490 e. The molecule has 3 rings (SSSR count). The highest BCUT2D eigenvalue weighted by Gasteiger charge is 2.14. The maximum atomic E-state index is 14.0. The van der Waals surface area contributed by atoms with Crippen LogP contribution in [0.1, 0.15) is 18.1 Å². The molecular formula is C22H18Cl4FNO2. The summed E-state index contributed by atoms with van der Waals surface area (Å²) >= 11 is 24.6. The lowest BCUT2D eigenvalue weighted by Gasteiger charge is -2.16. The summed E-state index contributed by atoms with van der Waals surface area (Å²) in [5, 5.41) is 5.05. The van der Waals surface area contributed by atoms with E-state index in [0.29, 0.717) is 44.7 Å². The Balaban J connectivity index is 1.79. The quantitative estimate of drug-likeness (QED) is 0.348. The lowest BCUT2D eigenvalue weighted by Crippen LogP contribution is -2.05. The Hall–Kier alpha value is -1.85. The van der Waals surface area contributed by atoms with E-state index in [-0.39, 0.29) is 12.2 Å². The molecule has 0 spiro atoms.